The number of ether oxygens (including phenoxy) is 1. The Morgan fingerprint density at radius 2 is 2.06 bits per heavy atom. The summed E-state index contributed by atoms with van der Waals surface area (Å²) in [6, 6.07) is 10.3. The van der Waals surface area contributed by atoms with Crippen LogP contribution in [-0.4, -0.2) is 7.05 Å². The van der Waals surface area contributed by atoms with Gasteiger partial charge in [0.15, 0.2) is 5.76 Å². The maximum Gasteiger partial charge on any atom is 0.160 e. The van der Waals surface area contributed by atoms with E-state index in [-0.39, 0.29) is 0 Å². The number of hydrogen-bond acceptors (Lipinski definition) is 3. The van der Waals surface area contributed by atoms with E-state index in [1.54, 1.807) is 11.3 Å². The summed E-state index contributed by atoms with van der Waals surface area (Å²) in [6.07, 6.45) is 1.89. The largest absolute Gasteiger partial charge is 0.454 e. The normalized spacial score (nSPS) is 15.2. The molecular formula is C13H11NOS. The van der Waals surface area contributed by atoms with Gasteiger partial charge in [-0.05, 0) is 17.5 Å². The van der Waals surface area contributed by atoms with E-state index in [9.17, 15) is 0 Å². The highest BCUT2D eigenvalue weighted by Gasteiger charge is 2.21. The van der Waals surface area contributed by atoms with Crippen LogP contribution in [0.2, 0.25) is 0 Å². The lowest BCUT2D eigenvalue weighted by Crippen LogP contribution is -2.05. The summed E-state index contributed by atoms with van der Waals surface area (Å²) >= 11 is 1.70. The molecule has 0 aliphatic carbocycles. The lowest BCUT2D eigenvalue weighted by atomic mass is 10.0. The molecule has 2 aromatic rings. The maximum absolute atomic E-state index is 5.87. The SMILES string of the molecule is CN/C=C1\Oc2ccccc2-c2ccsc21. The molecule has 0 fully saturated rings. The Hall–Kier alpha value is -1.74. The summed E-state index contributed by atoms with van der Waals surface area (Å²) in [7, 11) is 1.88. The fraction of sp³-hybridized carbons (Fsp3) is 0.0769. The summed E-state index contributed by atoms with van der Waals surface area (Å²) < 4.78 is 5.87. The quantitative estimate of drug-likeness (QED) is 0.810. The maximum atomic E-state index is 5.87. The predicted octanol–water partition coefficient (Wildman–Crippen LogP) is 3.33. The van der Waals surface area contributed by atoms with E-state index in [4.69, 9.17) is 4.74 Å². The Labute approximate surface area is 98.2 Å². The van der Waals surface area contributed by atoms with Gasteiger partial charge in [0.25, 0.3) is 0 Å². The molecule has 1 aliphatic rings. The molecule has 3 heteroatoms. The minimum Gasteiger partial charge on any atom is -0.454 e. The van der Waals surface area contributed by atoms with Gasteiger partial charge in [-0.1, -0.05) is 18.2 Å². The smallest absolute Gasteiger partial charge is 0.160 e. The average molecular weight is 229 g/mol. The molecule has 1 aromatic carbocycles. The van der Waals surface area contributed by atoms with Gasteiger partial charge in [-0.15, -0.1) is 11.3 Å². The molecule has 0 amide bonds. The van der Waals surface area contributed by atoms with Gasteiger partial charge in [-0.2, -0.15) is 0 Å². The molecule has 16 heavy (non-hydrogen) atoms. The lowest BCUT2D eigenvalue weighted by Gasteiger charge is -2.19. The summed E-state index contributed by atoms with van der Waals surface area (Å²) in [5.74, 6) is 1.82. The highest BCUT2D eigenvalue weighted by Crippen LogP contribution is 2.43. The standard InChI is InChI=1S/C13H11NOS/c1-14-8-12-13-10(6-7-16-13)9-4-2-3-5-11(9)15-12/h2-8,14H,1H3/b12-8-. The van der Waals surface area contributed by atoms with Crippen molar-refractivity contribution in [3.05, 3.63) is 46.8 Å². The Morgan fingerprint density at radius 1 is 1.19 bits per heavy atom. The first kappa shape index (κ1) is 9.48. The van der Waals surface area contributed by atoms with Crippen LogP contribution in [0.3, 0.4) is 0 Å². The second-order valence-corrected chi connectivity index (χ2v) is 4.48. The summed E-state index contributed by atoms with van der Waals surface area (Å²) in [5.41, 5.74) is 2.43. The molecule has 0 radical (unpaired) electrons. The third-order valence-corrected chi connectivity index (χ3v) is 3.49. The van der Waals surface area contributed by atoms with Crippen LogP contribution in [-0.2, 0) is 0 Å². The van der Waals surface area contributed by atoms with Crippen molar-refractivity contribution in [2.75, 3.05) is 7.05 Å². The van der Waals surface area contributed by atoms with Crippen molar-refractivity contribution < 1.29 is 4.74 Å². The molecule has 1 N–H and O–H groups in total. The zero-order valence-corrected chi connectivity index (χ0v) is 9.67. The Bertz CT molecular complexity index is 557. The first-order valence-electron chi connectivity index (χ1n) is 5.12. The highest BCUT2D eigenvalue weighted by atomic mass is 32.1. The zero-order chi connectivity index (χ0) is 11.0. The number of fused-ring (bicyclic) bond motifs is 3. The number of para-hydroxylation sites is 1. The van der Waals surface area contributed by atoms with Crippen LogP contribution < -0.4 is 10.1 Å². The monoisotopic (exact) mass is 229 g/mol. The minimum atomic E-state index is 0.895. The number of hydrogen-bond donors (Lipinski definition) is 1. The number of benzene rings is 1. The summed E-state index contributed by atoms with van der Waals surface area (Å²) in [4.78, 5) is 1.19. The van der Waals surface area contributed by atoms with Gasteiger partial charge >= 0.3 is 0 Å². The Kier molecular flexibility index (Phi) is 2.18. The van der Waals surface area contributed by atoms with E-state index in [0.29, 0.717) is 0 Å². The first-order valence-corrected chi connectivity index (χ1v) is 6.00. The molecule has 0 unspecified atom stereocenters. The van der Waals surface area contributed by atoms with Gasteiger partial charge in [0.1, 0.15) is 5.75 Å². The number of thiophene rings is 1. The topological polar surface area (TPSA) is 21.3 Å². The molecule has 0 saturated carbocycles. The van der Waals surface area contributed by atoms with E-state index in [0.717, 1.165) is 11.5 Å². The van der Waals surface area contributed by atoms with Gasteiger partial charge in [-0.3, -0.25) is 0 Å². The first-order chi connectivity index (χ1) is 7.90. The second-order valence-electron chi connectivity index (χ2n) is 3.56. The van der Waals surface area contributed by atoms with E-state index in [1.165, 1.54) is 16.0 Å². The van der Waals surface area contributed by atoms with Crippen LogP contribution in [0.15, 0.2) is 41.9 Å². The predicted molar refractivity (Wildman–Crippen MR) is 67.4 cm³/mol. The van der Waals surface area contributed by atoms with Gasteiger partial charge < -0.3 is 10.1 Å². The third kappa shape index (κ3) is 1.32. The van der Waals surface area contributed by atoms with Crippen LogP contribution in [0.5, 0.6) is 5.75 Å². The fourth-order valence-corrected chi connectivity index (χ4v) is 2.74. The van der Waals surface area contributed by atoms with Crippen LogP contribution in [0.25, 0.3) is 16.9 Å². The summed E-state index contributed by atoms with van der Waals surface area (Å²) in [6.45, 7) is 0. The van der Waals surface area contributed by atoms with Crippen LogP contribution in [0.1, 0.15) is 4.88 Å². The van der Waals surface area contributed by atoms with Crippen molar-refractivity contribution >= 4 is 17.1 Å². The van der Waals surface area contributed by atoms with E-state index < -0.39 is 0 Å². The molecule has 0 spiro atoms. The molecule has 3 rings (SSSR count). The number of nitrogens with one attached hydrogen (secondary N) is 1. The number of rotatable bonds is 1. The average Bonchev–Trinajstić information content (AvgIpc) is 2.79. The molecule has 80 valence electrons. The molecule has 2 nitrogen and oxygen atoms in total. The molecule has 0 bridgehead atoms. The molecule has 0 atom stereocenters. The van der Waals surface area contributed by atoms with Crippen molar-refractivity contribution in [2.45, 2.75) is 0 Å². The second kappa shape index (κ2) is 3.68. The minimum absolute atomic E-state index is 0.895. The Morgan fingerprint density at radius 3 is 2.94 bits per heavy atom. The van der Waals surface area contributed by atoms with Crippen molar-refractivity contribution in [2.24, 2.45) is 0 Å². The van der Waals surface area contributed by atoms with Gasteiger partial charge in [0.2, 0.25) is 0 Å². The van der Waals surface area contributed by atoms with Crippen LogP contribution in [0.4, 0.5) is 0 Å². The Balaban J connectivity index is 2.23. The molecule has 1 aromatic heterocycles. The van der Waals surface area contributed by atoms with Gasteiger partial charge in [-0.25, -0.2) is 0 Å². The molecular weight excluding hydrogens is 218 g/mol. The lowest BCUT2D eigenvalue weighted by molar-refractivity contribution is 0.511. The molecule has 2 heterocycles. The van der Waals surface area contributed by atoms with Gasteiger partial charge in [0.05, 0.1) is 4.88 Å². The van der Waals surface area contributed by atoms with Crippen LogP contribution >= 0.6 is 11.3 Å². The highest BCUT2D eigenvalue weighted by molar-refractivity contribution is 7.11. The van der Waals surface area contributed by atoms with Crippen molar-refractivity contribution in [1.82, 2.24) is 5.32 Å². The summed E-state index contributed by atoms with van der Waals surface area (Å²) in [5, 5.41) is 5.12. The van der Waals surface area contributed by atoms with Gasteiger partial charge in [0, 0.05) is 24.4 Å². The van der Waals surface area contributed by atoms with Crippen molar-refractivity contribution in [1.29, 1.82) is 0 Å². The van der Waals surface area contributed by atoms with E-state index in [1.807, 2.05) is 31.4 Å². The molecule has 1 aliphatic heterocycles. The zero-order valence-electron chi connectivity index (χ0n) is 8.86. The van der Waals surface area contributed by atoms with E-state index in [2.05, 4.69) is 22.8 Å². The fourth-order valence-electron chi connectivity index (χ4n) is 1.88. The van der Waals surface area contributed by atoms with E-state index >= 15 is 0 Å². The molecule has 0 saturated heterocycles. The van der Waals surface area contributed by atoms with Crippen LogP contribution in [0, 0.1) is 0 Å². The van der Waals surface area contributed by atoms with Crippen molar-refractivity contribution in [3.8, 4) is 16.9 Å². The third-order valence-electron chi connectivity index (χ3n) is 2.56. The van der Waals surface area contributed by atoms with Crippen molar-refractivity contribution in [3.63, 3.8) is 0 Å².